The molecule has 24 heteroatoms. The quantitative estimate of drug-likeness (QED) is 0.399. The van der Waals surface area contributed by atoms with Crippen molar-refractivity contribution < 1.29 is 87.1 Å². The summed E-state index contributed by atoms with van der Waals surface area (Å²) in [6.07, 6.45) is -15.2. The SMILES string of the molecule is O=S(=O)(NS(=O)(=O)C(F)(F)C(F)(F)C(F)(F)C(F)(F)F)C(F)(F)C(F)(F)C(F)(F)F.[LiH]. The fraction of sp³-hybridized carbons (Fsp3) is 1.00. The zero-order chi connectivity index (χ0) is 25.2. The summed E-state index contributed by atoms with van der Waals surface area (Å²) in [5, 5.41) is -15.8. The molecule has 0 aliphatic rings. The third kappa shape index (κ3) is 4.69. The van der Waals surface area contributed by atoms with Crippen LogP contribution in [0.2, 0.25) is 0 Å². The second kappa shape index (κ2) is 7.98. The van der Waals surface area contributed by atoms with Crippen LogP contribution in [0.25, 0.3) is 0 Å². The molecule has 0 fully saturated rings. The molecule has 31 heavy (non-hydrogen) atoms. The van der Waals surface area contributed by atoms with E-state index in [4.69, 9.17) is 0 Å². The first kappa shape index (κ1) is 32.5. The second-order valence-corrected chi connectivity index (χ2v) is 8.55. The number of alkyl halides is 16. The maximum atomic E-state index is 13.2. The van der Waals surface area contributed by atoms with Crippen molar-refractivity contribution in [2.45, 2.75) is 40.6 Å². The van der Waals surface area contributed by atoms with E-state index in [9.17, 15) is 87.1 Å². The standard InChI is InChI=1S/C7HF16NO4S2.Li.H/c8-1(9,4(14,15)16)2(10,11)6(20,21)29(25,26)24-30(27,28)7(22,23)3(12,13)5(17,18)19;;/h24H;;. The van der Waals surface area contributed by atoms with Crippen LogP contribution in [0.15, 0.2) is 0 Å². The van der Waals surface area contributed by atoms with Gasteiger partial charge in [-0.25, -0.2) is 16.8 Å². The zero-order valence-corrected chi connectivity index (χ0v) is 14.1. The van der Waals surface area contributed by atoms with Gasteiger partial charge in [0.05, 0.1) is 0 Å². The Morgan fingerprint density at radius 3 is 0.871 bits per heavy atom. The third-order valence-electron chi connectivity index (χ3n) is 2.73. The van der Waals surface area contributed by atoms with Crippen LogP contribution in [-0.2, 0) is 20.0 Å². The van der Waals surface area contributed by atoms with E-state index in [1.54, 1.807) is 0 Å². The Bertz CT molecular complexity index is 873. The van der Waals surface area contributed by atoms with Crippen LogP contribution in [0, 0.1) is 0 Å². The summed E-state index contributed by atoms with van der Waals surface area (Å²) in [5.74, 6) is -24.0. The van der Waals surface area contributed by atoms with Crippen molar-refractivity contribution in [1.29, 1.82) is 0 Å². The normalized spacial score (nSPS) is 16.1. The Morgan fingerprint density at radius 1 is 0.419 bits per heavy atom. The minimum atomic E-state index is -8.49. The monoisotopic (exact) mass is 539 g/mol. The van der Waals surface area contributed by atoms with E-state index in [1.807, 2.05) is 0 Å². The Balaban J connectivity index is 0. The zero-order valence-electron chi connectivity index (χ0n) is 12.5. The molecule has 0 spiro atoms. The first-order valence-electron chi connectivity index (χ1n) is 5.76. The van der Waals surface area contributed by atoms with E-state index < -0.39 is 64.8 Å². The Hall–Kier alpha value is -0.663. The minimum absolute atomic E-state index is 0. The second-order valence-electron chi connectivity index (χ2n) is 4.84. The number of rotatable bonds is 7. The molecule has 0 atom stereocenters. The van der Waals surface area contributed by atoms with E-state index in [0.717, 1.165) is 0 Å². The molecule has 0 aromatic carbocycles. The molecular weight excluding hydrogens is 537 g/mol. The van der Waals surface area contributed by atoms with Gasteiger partial charge >= 0.3 is 59.5 Å². The van der Waals surface area contributed by atoms with Crippen molar-refractivity contribution in [3.8, 4) is 0 Å². The number of hydrogen-bond acceptors (Lipinski definition) is 4. The Labute approximate surface area is 171 Å². The van der Waals surface area contributed by atoms with Gasteiger partial charge in [0.2, 0.25) is 0 Å². The molecule has 0 aromatic rings. The molecular formula is C7H2F16LiNO4S2. The summed E-state index contributed by atoms with van der Waals surface area (Å²) in [4.78, 5) is 0. The van der Waals surface area contributed by atoms with Gasteiger partial charge in [-0.05, 0) is 0 Å². The van der Waals surface area contributed by atoms with Crippen LogP contribution in [-0.4, -0.2) is 76.3 Å². The van der Waals surface area contributed by atoms with Crippen molar-refractivity contribution in [2.24, 2.45) is 0 Å². The molecule has 184 valence electrons. The van der Waals surface area contributed by atoms with Gasteiger partial charge in [-0.2, -0.15) is 70.2 Å². The Morgan fingerprint density at radius 2 is 0.645 bits per heavy atom. The molecule has 0 aliphatic carbocycles. The average molecular weight is 539 g/mol. The molecule has 5 nitrogen and oxygen atoms in total. The van der Waals surface area contributed by atoms with Crippen LogP contribution in [0.5, 0.6) is 0 Å². The van der Waals surface area contributed by atoms with Crippen LogP contribution in [0.1, 0.15) is 0 Å². The first-order chi connectivity index (χ1) is 12.5. The molecule has 0 unspecified atom stereocenters. The van der Waals surface area contributed by atoms with Crippen LogP contribution < -0.4 is 4.13 Å². The molecule has 0 radical (unpaired) electrons. The van der Waals surface area contributed by atoms with Crippen molar-refractivity contribution in [1.82, 2.24) is 4.13 Å². The van der Waals surface area contributed by atoms with Gasteiger partial charge in [0.15, 0.2) is 0 Å². The molecule has 0 rings (SSSR count). The molecule has 0 saturated heterocycles. The van der Waals surface area contributed by atoms with Crippen LogP contribution in [0.4, 0.5) is 70.2 Å². The molecule has 1 N–H and O–H groups in total. The van der Waals surface area contributed by atoms with Gasteiger partial charge in [-0.15, -0.1) is 0 Å². The van der Waals surface area contributed by atoms with E-state index in [-0.39, 0.29) is 18.9 Å². The van der Waals surface area contributed by atoms with Gasteiger partial charge in [0, 0.05) is 0 Å². The molecule has 0 saturated carbocycles. The van der Waals surface area contributed by atoms with Gasteiger partial charge < -0.3 is 0 Å². The number of sulfonamides is 2. The van der Waals surface area contributed by atoms with E-state index in [0.29, 0.717) is 0 Å². The average Bonchev–Trinajstić information content (AvgIpc) is 2.42. The van der Waals surface area contributed by atoms with Gasteiger partial charge in [-0.3, -0.25) is 0 Å². The molecule has 0 aliphatic heterocycles. The summed E-state index contributed by atoms with van der Waals surface area (Å²) in [7, 11) is -16.9. The van der Waals surface area contributed by atoms with Crippen molar-refractivity contribution in [2.75, 3.05) is 0 Å². The number of halogens is 16. The summed E-state index contributed by atoms with van der Waals surface area (Å²) in [5.41, 5.74) is 0. The van der Waals surface area contributed by atoms with E-state index in [1.165, 1.54) is 0 Å². The number of nitrogens with one attached hydrogen (secondary N) is 1. The van der Waals surface area contributed by atoms with E-state index >= 15 is 0 Å². The third-order valence-corrected chi connectivity index (χ3v) is 6.35. The van der Waals surface area contributed by atoms with Gasteiger partial charge in [0.1, 0.15) is 0 Å². The first-order valence-corrected chi connectivity index (χ1v) is 8.72. The predicted molar refractivity (Wildman–Crippen MR) is 65.0 cm³/mol. The fourth-order valence-corrected chi connectivity index (χ4v) is 4.02. The van der Waals surface area contributed by atoms with Crippen molar-refractivity contribution in [3.05, 3.63) is 0 Å². The van der Waals surface area contributed by atoms with Crippen molar-refractivity contribution in [3.63, 3.8) is 0 Å². The molecule has 0 amide bonds. The van der Waals surface area contributed by atoms with Crippen LogP contribution >= 0.6 is 0 Å². The van der Waals surface area contributed by atoms with Crippen molar-refractivity contribution >= 4 is 38.9 Å². The van der Waals surface area contributed by atoms with Gasteiger partial charge in [0.25, 0.3) is 20.0 Å². The molecule has 0 bridgehead atoms. The number of hydrogen-bond donors (Lipinski definition) is 1. The predicted octanol–water partition coefficient (Wildman–Crippen LogP) is 2.80. The molecule has 0 heterocycles. The topological polar surface area (TPSA) is 80.3 Å². The van der Waals surface area contributed by atoms with Gasteiger partial charge in [-0.1, -0.05) is 4.13 Å². The fourth-order valence-electron chi connectivity index (χ4n) is 1.11. The Kier molecular flexibility index (Phi) is 8.37. The summed E-state index contributed by atoms with van der Waals surface area (Å²) < 4.78 is 241. The van der Waals surface area contributed by atoms with Crippen LogP contribution in [0.3, 0.4) is 0 Å². The summed E-state index contributed by atoms with van der Waals surface area (Å²) >= 11 is 0. The van der Waals surface area contributed by atoms with E-state index in [2.05, 4.69) is 0 Å². The molecule has 0 aromatic heterocycles. The maximum absolute atomic E-state index is 13.2. The summed E-state index contributed by atoms with van der Waals surface area (Å²) in [6.45, 7) is 0. The summed E-state index contributed by atoms with van der Waals surface area (Å²) in [6, 6.07) is 0.